The van der Waals surface area contributed by atoms with Gasteiger partial charge in [0.25, 0.3) is 0 Å². The van der Waals surface area contributed by atoms with E-state index >= 15 is 0 Å². The Balaban J connectivity index is 2.02. The molecular weight excluding hydrogens is 322 g/mol. The molecule has 1 aromatic carbocycles. The predicted octanol–water partition coefficient (Wildman–Crippen LogP) is 3.70. The number of halogens is 1. The van der Waals surface area contributed by atoms with Crippen LogP contribution in [-0.4, -0.2) is 28.0 Å². The lowest BCUT2D eigenvalue weighted by molar-refractivity contribution is 0.207. The van der Waals surface area contributed by atoms with Crippen molar-refractivity contribution < 1.29 is 5.11 Å². The Morgan fingerprint density at radius 2 is 1.88 bits per heavy atom. The number of aliphatic hydroxyl groups is 1. The normalized spacial score (nSPS) is 11.9. The van der Waals surface area contributed by atoms with Crippen molar-refractivity contribution in [1.82, 2.24) is 15.1 Å². The van der Waals surface area contributed by atoms with Crippen molar-refractivity contribution in [2.45, 2.75) is 47.2 Å². The minimum absolute atomic E-state index is 0.0931. The molecule has 1 aromatic heterocycles. The second-order valence-electron chi connectivity index (χ2n) is 7.17. The fraction of sp³-hybridized carbons (Fsp3) is 0.526. The van der Waals surface area contributed by atoms with E-state index in [1.165, 1.54) is 16.8 Å². The zero-order valence-electron chi connectivity index (χ0n) is 15.1. The zero-order chi connectivity index (χ0) is 17.7. The third-order valence-electron chi connectivity index (χ3n) is 4.47. The van der Waals surface area contributed by atoms with E-state index in [0.717, 1.165) is 36.8 Å². The highest BCUT2D eigenvalue weighted by Crippen LogP contribution is 2.20. The van der Waals surface area contributed by atoms with Gasteiger partial charge in [-0.15, -0.1) is 0 Å². The van der Waals surface area contributed by atoms with E-state index in [2.05, 4.69) is 42.8 Å². The molecule has 1 heterocycles. The smallest absolute Gasteiger partial charge is 0.0662 e. The predicted molar refractivity (Wildman–Crippen MR) is 99.4 cm³/mol. The third-order valence-corrected chi connectivity index (χ3v) is 4.72. The van der Waals surface area contributed by atoms with Crippen LogP contribution in [0.1, 0.15) is 42.8 Å². The van der Waals surface area contributed by atoms with Gasteiger partial charge in [-0.25, -0.2) is 0 Å². The van der Waals surface area contributed by atoms with E-state index in [0.29, 0.717) is 0 Å². The van der Waals surface area contributed by atoms with Crippen molar-refractivity contribution in [3.8, 4) is 0 Å². The highest BCUT2D eigenvalue weighted by Gasteiger charge is 2.18. The van der Waals surface area contributed by atoms with Gasteiger partial charge in [-0.3, -0.25) is 4.68 Å². The van der Waals surface area contributed by atoms with Crippen molar-refractivity contribution in [2.75, 3.05) is 13.2 Å². The molecular formula is C19H28ClN3O. The lowest BCUT2D eigenvalue weighted by atomic mass is 9.90. The zero-order valence-corrected chi connectivity index (χ0v) is 15.8. The Hall–Kier alpha value is -1.36. The van der Waals surface area contributed by atoms with Crippen LogP contribution in [-0.2, 0) is 13.1 Å². The Morgan fingerprint density at radius 1 is 1.21 bits per heavy atom. The van der Waals surface area contributed by atoms with Gasteiger partial charge >= 0.3 is 0 Å². The van der Waals surface area contributed by atoms with E-state index in [-0.39, 0.29) is 12.0 Å². The highest BCUT2D eigenvalue weighted by molar-refractivity contribution is 6.30. The third kappa shape index (κ3) is 5.07. The summed E-state index contributed by atoms with van der Waals surface area (Å²) < 4.78 is 2.05. The number of nitrogens with zero attached hydrogens (tertiary/aromatic N) is 2. The van der Waals surface area contributed by atoms with E-state index in [4.69, 9.17) is 16.7 Å². The van der Waals surface area contributed by atoms with Crippen molar-refractivity contribution in [3.05, 3.63) is 51.8 Å². The molecule has 0 radical (unpaired) electrons. The summed E-state index contributed by atoms with van der Waals surface area (Å²) in [7, 11) is 0. The summed E-state index contributed by atoms with van der Waals surface area (Å²) in [5, 5.41) is 18.1. The Bertz CT molecular complexity index is 662. The van der Waals surface area contributed by atoms with Crippen LogP contribution in [0.25, 0.3) is 0 Å². The number of hydrogen-bond donors (Lipinski definition) is 2. The average Bonchev–Trinajstić information content (AvgIpc) is 2.77. The number of rotatable bonds is 8. The SMILES string of the molecule is Cc1nn(Cc2ccc(Cl)cc2)c(C)c1CNCC(C)(C)CCO. The fourth-order valence-corrected chi connectivity index (χ4v) is 2.95. The molecule has 0 saturated carbocycles. The summed E-state index contributed by atoms with van der Waals surface area (Å²) in [6.45, 7) is 11.2. The molecule has 0 aliphatic heterocycles. The summed E-state index contributed by atoms with van der Waals surface area (Å²) in [5.74, 6) is 0. The largest absolute Gasteiger partial charge is 0.396 e. The lowest BCUT2D eigenvalue weighted by Crippen LogP contribution is -2.30. The van der Waals surface area contributed by atoms with E-state index in [1.54, 1.807) is 0 Å². The second-order valence-corrected chi connectivity index (χ2v) is 7.61. The Labute approximate surface area is 149 Å². The topological polar surface area (TPSA) is 50.1 Å². The molecule has 0 bridgehead atoms. The molecule has 0 unspecified atom stereocenters. The van der Waals surface area contributed by atoms with Crippen LogP contribution in [0.3, 0.4) is 0 Å². The fourth-order valence-electron chi connectivity index (χ4n) is 2.82. The molecule has 0 amide bonds. The summed E-state index contributed by atoms with van der Waals surface area (Å²) >= 11 is 5.95. The highest BCUT2D eigenvalue weighted by atomic mass is 35.5. The van der Waals surface area contributed by atoms with Crippen LogP contribution in [0, 0.1) is 19.3 Å². The number of benzene rings is 1. The van der Waals surface area contributed by atoms with Gasteiger partial charge in [0.2, 0.25) is 0 Å². The summed E-state index contributed by atoms with van der Waals surface area (Å²) in [5.41, 5.74) is 4.79. The molecule has 2 N–H and O–H groups in total. The molecule has 0 aliphatic carbocycles. The molecule has 0 saturated heterocycles. The number of aromatic nitrogens is 2. The first-order valence-electron chi connectivity index (χ1n) is 8.41. The monoisotopic (exact) mass is 349 g/mol. The maximum atomic E-state index is 9.12. The van der Waals surface area contributed by atoms with E-state index in [9.17, 15) is 0 Å². The van der Waals surface area contributed by atoms with Gasteiger partial charge in [-0.2, -0.15) is 5.10 Å². The minimum atomic E-state index is 0.0931. The maximum absolute atomic E-state index is 9.12. The molecule has 0 fully saturated rings. The molecule has 4 nitrogen and oxygen atoms in total. The van der Waals surface area contributed by atoms with Gasteiger partial charge in [0.1, 0.15) is 0 Å². The first-order chi connectivity index (χ1) is 11.3. The van der Waals surface area contributed by atoms with Gasteiger partial charge < -0.3 is 10.4 Å². The Kier molecular flexibility index (Phi) is 6.44. The van der Waals surface area contributed by atoms with Gasteiger partial charge in [0, 0.05) is 36.0 Å². The number of aliphatic hydroxyl groups excluding tert-OH is 1. The molecule has 2 aromatic rings. The Morgan fingerprint density at radius 3 is 2.50 bits per heavy atom. The average molecular weight is 350 g/mol. The van der Waals surface area contributed by atoms with Gasteiger partial charge in [0.15, 0.2) is 0 Å². The quantitative estimate of drug-likeness (QED) is 0.764. The second kappa shape index (κ2) is 8.15. The van der Waals surface area contributed by atoms with Crippen molar-refractivity contribution >= 4 is 11.6 Å². The van der Waals surface area contributed by atoms with Crippen LogP contribution in [0.4, 0.5) is 0 Å². The molecule has 0 atom stereocenters. The van der Waals surface area contributed by atoms with Crippen LogP contribution in [0.5, 0.6) is 0 Å². The molecule has 2 rings (SSSR count). The van der Waals surface area contributed by atoms with E-state index in [1.807, 2.05) is 24.3 Å². The van der Waals surface area contributed by atoms with E-state index < -0.39 is 0 Å². The molecule has 5 heteroatoms. The maximum Gasteiger partial charge on any atom is 0.0662 e. The molecule has 132 valence electrons. The molecule has 0 aliphatic rings. The number of aryl methyl sites for hydroxylation is 1. The van der Waals surface area contributed by atoms with Crippen molar-refractivity contribution in [1.29, 1.82) is 0 Å². The molecule has 0 spiro atoms. The van der Waals surface area contributed by atoms with Crippen LogP contribution >= 0.6 is 11.6 Å². The van der Waals surface area contributed by atoms with Crippen LogP contribution < -0.4 is 5.32 Å². The van der Waals surface area contributed by atoms with Gasteiger partial charge in [-0.05, 0) is 43.4 Å². The summed E-state index contributed by atoms with van der Waals surface area (Å²) in [4.78, 5) is 0. The minimum Gasteiger partial charge on any atom is -0.396 e. The summed E-state index contributed by atoms with van der Waals surface area (Å²) in [6.07, 6.45) is 0.799. The van der Waals surface area contributed by atoms with Crippen molar-refractivity contribution in [3.63, 3.8) is 0 Å². The first-order valence-corrected chi connectivity index (χ1v) is 8.79. The van der Waals surface area contributed by atoms with Crippen LogP contribution in [0.15, 0.2) is 24.3 Å². The lowest BCUT2D eigenvalue weighted by Gasteiger charge is -2.24. The summed E-state index contributed by atoms with van der Waals surface area (Å²) in [6, 6.07) is 7.89. The molecule has 24 heavy (non-hydrogen) atoms. The standard InChI is InChI=1S/C19H28ClN3O/c1-14-18(11-21-13-19(3,4)9-10-24)15(2)23(22-14)12-16-5-7-17(20)8-6-16/h5-8,21,24H,9-13H2,1-4H3. The number of nitrogens with one attached hydrogen (secondary N) is 1. The van der Waals surface area contributed by atoms with Crippen LogP contribution in [0.2, 0.25) is 5.02 Å². The van der Waals surface area contributed by atoms with Gasteiger partial charge in [0.05, 0.1) is 12.2 Å². The van der Waals surface area contributed by atoms with Crippen molar-refractivity contribution in [2.24, 2.45) is 5.41 Å². The first kappa shape index (κ1) is 19.0. The number of hydrogen-bond acceptors (Lipinski definition) is 3. The van der Waals surface area contributed by atoms with Gasteiger partial charge in [-0.1, -0.05) is 37.6 Å².